The molecule has 0 N–H and O–H groups in total. The summed E-state index contributed by atoms with van der Waals surface area (Å²) in [4.78, 5) is 0. The van der Waals surface area contributed by atoms with E-state index in [9.17, 15) is 0 Å². The Hall–Kier alpha value is -0.860. The van der Waals surface area contributed by atoms with Crippen LogP contribution in [0.3, 0.4) is 0 Å². The molecule has 2 aliphatic heterocycles. The van der Waals surface area contributed by atoms with E-state index in [-0.39, 0.29) is 0 Å². The quantitative estimate of drug-likeness (QED) is 0.232. The predicted octanol–water partition coefficient (Wildman–Crippen LogP) is 5.74. The number of rotatable bonds is 14. The second-order valence-corrected chi connectivity index (χ2v) is 6.79. The summed E-state index contributed by atoms with van der Waals surface area (Å²) in [7, 11) is 0. The monoisotopic (exact) mass is 318 g/mol. The fraction of sp³-hybridized carbons (Fsp3) is 0.714. The second-order valence-electron chi connectivity index (χ2n) is 6.79. The third kappa shape index (κ3) is 7.99. The first-order valence-corrected chi connectivity index (χ1v) is 9.57. The lowest BCUT2D eigenvalue weighted by molar-refractivity contribution is 0.358. The van der Waals surface area contributed by atoms with Crippen LogP contribution in [0.5, 0.6) is 0 Å². The van der Waals surface area contributed by atoms with Crippen LogP contribution in [0.15, 0.2) is 37.0 Å². The molecular weight excluding hydrogens is 284 g/mol. The molecule has 0 aliphatic carbocycles. The number of ether oxygens (including phenoxy) is 2. The molecule has 0 bridgehead atoms. The summed E-state index contributed by atoms with van der Waals surface area (Å²) in [6.07, 6.45) is 24.9. The van der Waals surface area contributed by atoms with E-state index in [2.05, 4.69) is 37.8 Å². The van der Waals surface area contributed by atoms with Gasteiger partial charge in [0.2, 0.25) is 0 Å². The van der Waals surface area contributed by atoms with Crippen molar-refractivity contribution in [1.82, 2.24) is 0 Å². The topological polar surface area (TPSA) is 25.1 Å². The summed E-state index contributed by atoms with van der Waals surface area (Å²) in [5, 5.41) is 0. The smallest absolute Gasteiger partial charge is 0.0879 e. The van der Waals surface area contributed by atoms with Gasteiger partial charge in [-0.25, -0.2) is 0 Å². The SMILES string of the molecule is C=CCCC/C=C\CC1OC1C/C=C\CC1OC1CCCCC. The number of epoxide rings is 2. The molecule has 130 valence electrons. The zero-order valence-corrected chi connectivity index (χ0v) is 14.8. The highest BCUT2D eigenvalue weighted by atomic mass is 16.6. The van der Waals surface area contributed by atoms with Crippen molar-refractivity contribution in [3.05, 3.63) is 37.0 Å². The molecule has 0 aromatic rings. The van der Waals surface area contributed by atoms with E-state index in [1.54, 1.807) is 0 Å². The summed E-state index contributed by atoms with van der Waals surface area (Å²) >= 11 is 0. The Bertz CT molecular complexity index is 385. The Kier molecular flexibility index (Phi) is 8.70. The van der Waals surface area contributed by atoms with Gasteiger partial charge >= 0.3 is 0 Å². The van der Waals surface area contributed by atoms with Crippen molar-refractivity contribution in [3.8, 4) is 0 Å². The average Bonchev–Trinajstić information content (AvgIpc) is 3.45. The van der Waals surface area contributed by atoms with Crippen LogP contribution in [0.1, 0.15) is 71.1 Å². The first kappa shape index (κ1) is 18.5. The Labute approximate surface area is 142 Å². The van der Waals surface area contributed by atoms with E-state index < -0.39 is 0 Å². The molecule has 0 spiro atoms. The van der Waals surface area contributed by atoms with Crippen LogP contribution in [0.4, 0.5) is 0 Å². The first-order valence-electron chi connectivity index (χ1n) is 9.57. The van der Waals surface area contributed by atoms with Crippen molar-refractivity contribution in [1.29, 1.82) is 0 Å². The van der Waals surface area contributed by atoms with Gasteiger partial charge in [-0.2, -0.15) is 0 Å². The van der Waals surface area contributed by atoms with Crippen LogP contribution in [0.25, 0.3) is 0 Å². The van der Waals surface area contributed by atoms with Gasteiger partial charge in [-0.05, 0) is 44.9 Å². The highest BCUT2D eigenvalue weighted by molar-refractivity contribution is 5.00. The number of unbranched alkanes of at least 4 members (excludes halogenated alkanes) is 4. The average molecular weight is 319 g/mol. The Balaban J connectivity index is 1.42. The molecule has 0 aromatic carbocycles. The van der Waals surface area contributed by atoms with Crippen molar-refractivity contribution in [2.75, 3.05) is 0 Å². The maximum Gasteiger partial charge on any atom is 0.0879 e. The molecule has 2 nitrogen and oxygen atoms in total. The lowest BCUT2D eigenvalue weighted by Gasteiger charge is -1.93. The maximum absolute atomic E-state index is 5.70. The molecule has 2 aliphatic rings. The van der Waals surface area contributed by atoms with Gasteiger partial charge in [0.1, 0.15) is 0 Å². The van der Waals surface area contributed by atoms with Gasteiger partial charge in [-0.1, -0.05) is 56.6 Å². The van der Waals surface area contributed by atoms with Crippen LogP contribution in [0.2, 0.25) is 0 Å². The zero-order valence-electron chi connectivity index (χ0n) is 14.8. The summed E-state index contributed by atoms with van der Waals surface area (Å²) in [6.45, 7) is 5.99. The van der Waals surface area contributed by atoms with Crippen LogP contribution >= 0.6 is 0 Å². The molecule has 0 radical (unpaired) electrons. The molecule has 0 amide bonds. The molecular formula is C21H34O2. The summed E-state index contributed by atoms with van der Waals surface area (Å²) in [5.41, 5.74) is 0. The fourth-order valence-corrected chi connectivity index (χ4v) is 3.02. The molecule has 2 fully saturated rings. The van der Waals surface area contributed by atoms with Crippen LogP contribution in [0, 0.1) is 0 Å². The molecule has 2 saturated heterocycles. The highest BCUT2D eigenvalue weighted by Gasteiger charge is 2.37. The van der Waals surface area contributed by atoms with E-state index in [0.29, 0.717) is 24.4 Å². The minimum Gasteiger partial charge on any atom is -0.369 e. The zero-order chi connectivity index (χ0) is 16.3. The van der Waals surface area contributed by atoms with Gasteiger partial charge < -0.3 is 9.47 Å². The third-order valence-electron chi connectivity index (χ3n) is 4.69. The number of allylic oxidation sites excluding steroid dienone is 2. The Morgan fingerprint density at radius 3 is 2.00 bits per heavy atom. The van der Waals surface area contributed by atoms with Crippen LogP contribution in [-0.4, -0.2) is 24.4 Å². The minimum absolute atomic E-state index is 0.449. The molecule has 23 heavy (non-hydrogen) atoms. The van der Waals surface area contributed by atoms with E-state index in [1.165, 1.54) is 32.1 Å². The molecule has 2 heterocycles. The van der Waals surface area contributed by atoms with Crippen LogP contribution in [-0.2, 0) is 9.47 Å². The van der Waals surface area contributed by atoms with Gasteiger partial charge in [0.25, 0.3) is 0 Å². The van der Waals surface area contributed by atoms with E-state index >= 15 is 0 Å². The van der Waals surface area contributed by atoms with Gasteiger partial charge in [-0.3, -0.25) is 0 Å². The van der Waals surface area contributed by atoms with Gasteiger partial charge in [-0.15, -0.1) is 6.58 Å². The molecule has 0 aromatic heterocycles. The maximum atomic E-state index is 5.70. The second kappa shape index (κ2) is 10.8. The molecule has 4 atom stereocenters. The summed E-state index contributed by atoms with van der Waals surface area (Å²) in [5.74, 6) is 0. The largest absolute Gasteiger partial charge is 0.369 e. The van der Waals surface area contributed by atoms with E-state index in [0.717, 1.165) is 32.1 Å². The molecule has 2 heteroatoms. The standard InChI is InChI=1S/C21H34O2/c1-3-5-7-8-9-11-15-19-21(23-19)17-13-12-16-20-18(22-20)14-10-6-4-2/h3,9,11-13,18-21H,1,4-8,10,14-17H2,2H3/b11-9-,13-12-. The van der Waals surface area contributed by atoms with Crippen molar-refractivity contribution in [3.63, 3.8) is 0 Å². The van der Waals surface area contributed by atoms with Crippen molar-refractivity contribution >= 4 is 0 Å². The lowest BCUT2D eigenvalue weighted by Crippen LogP contribution is -1.93. The fourth-order valence-electron chi connectivity index (χ4n) is 3.02. The van der Waals surface area contributed by atoms with Gasteiger partial charge in [0.15, 0.2) is 0 Å². The Morgan fingerprint density at radius 1 is 0.739 bits per heavy atom. The lowest BCUT2D eigenvalue weighted by atomic mass is 10.1. The molecule has 0 saturated carbocycles. The van der Waals surface area contributed by atoms with Gasteiger partial charge in [0, 0.05) is 0 Å². The minimum atomic E-state index is 0.449. The van der Waals surface area contributed by atoms with Crippen molar-refractivity contribution in [2.45, 2.75) is 95.5 Å². The number of hydrogen-bond donors (Lipinski definition) is 0. The normalized spacial score (nSPS) is 29.4. The van der Waals surface area contributed by atoms with E-state index in [1.807, 2.05) is 6.08 Å². The molecule has 4 unspecified atom stereocenters. The highest BCUT2D eigenvalue weighted by Crippen LogP contribution is 2.31. The van der Waals surface area contributed by atoms with Crippen LogP contribution < -0.4 is 0 Å². The van der Waals surface area contributed by atoms with Crippen molar-refractivity contribution < 1.29 is 9.47 Å². The third-order valence-corrected chi connectivity index (χ3v) is 4.69. The Morgan fingerprint density at radius 2 is 1.35 bits per heavy atom. The van der Waals surface area contributed by atoms with E-state index in [4.69, 9.17) is 9.47 Å². The predicted molar refractivity (Wildman–Crippen MR) is 97.6 cm³/mol. The summed E-state index contributed by atoms with van der Waals surface area (Å²) < 4.78 is 11.4. The number of hydrogen-bond acceptors (Lipinski definition) is 2. The van der Waals surface area contributed by atoms with Crippen molar-refractivity contribution in [2.24, 2.45) is 0 Å². The van der Waals surface area contributed by atoms with Gasteiger partial charge in [0.05, 0.1) is 24.4 Å². The first-order chi connectivity index (χ1) is 11.3. The molecule has 2 rings (SSSR count). The summed E-state index contributed by atoms with van der Waals surface area (Å²) in [6, 6.07) is 0.